The van der Waals surface area contributed by atoms with Crippen LogP contribution in [0.15, 0.2) is 47.5 Å². The van der Waals surface area contributed by atoms with Crippen LogP contribution in [-0.4, -0.2) is 42.7 Å². The quantitative estimate of drug-likeness (QED) is 0.353. The van der Waals surface area contributed by atoms with Gasteiger partial charge in [0.25, 0.3) is 0 Å². The van der Waals surface area contributed by atoms with Crippen molar-refractivity contribution < 1.29 is 9.53 Å². The van der Waals surface area contributed by atoms with Gasteiger partial charge in [0.15, 0.2) is 0 Å². The maximum atomic E-state index is 12.9. The van der Waals surface area contributed by atoms with Crippen molar-refractivity contribution in [1.82, 2.24) is 14.3 Å². The van der Waals surface area contributed by atoms with Gasteiger partial charge in [-0.25, -0.2) is 0 Å². The number of esters is 1. The Balaban J connectivity index is 1.83. The molecule has 31 heavy (non-hydrogen) atoms. The first-order chi connectivity index (χ1) is 14.9. The fourth-order valence-corrected chi connectivity index (χ4v) is 7.34. The third kappa shape index (κ3) is 4.76. The molecule has 1 aliphatic rings. The molecule has 2 atom stereocenters. The van der Waals surface area contributed by atoms with Crippen LogP contribution >= 0.6 is 23.2 Å². The average Bonchev–Trinajstić information content (AvgIpc) is 3.49. The van der Waals surface area contributed by atoms with Gasteiger partial charge in [0.1, 0.15) is 0 Å². The SMILES string of the molecule is CCOC(=O)c1c(C([AsH]c2cc(Cl)c(=O)n(C)c2)c2ccc(Cl)cc2)cnn1C1CC1. The van der Waals surface area contributed by atoms with Crippen molar-refractivity contribution in [2.24, 2.45) is 7.05 Å². The molecule has 3 aromatic rings. The van der Waals surface area contributed by atoms with Crippen LogP contribution in [-0.2, 0) is 11.8 Å². The molecule has 1 aliphatic carbocycles. The van der Waals surface area contributed by atoms with Gasteiger partial charge in [-0.05, 0) is 0 Å². The topological polar surface area (TPSA) is 66.1 Å². The van der Waals surface area contributed by atoms with Gasteiger partial charge >= 0.3 is 197 Å². The molecule has 4 rings (SSSR count). The predicted molar refractivity (Wildman–Crippen MR) is 123 cm³/mol. The van der Waals surface area contributed by atoms with E-state index in [1.165, 1.54) is 4.57 Å². The molecule has 0 N–H and O–H groups in total. The van der Waals surface area contributed by atoms with Crippen molar-refractivity contribution in [2.75, 3.05) is 6.61 Å². The number of halogens is 2. The number of ether oxygens (including phenoxy) is 1. The van der Waals surface area contributed by atoms with Gasteiger partial charge in [-0.1, -0.05) is 0 Å². The Bertz CT molecular complexity index is 1140. The first-order valence-corrected chi connectivity index (χ1v) is 13.0. The normalized spacial score (nSPS) is 14.8. The van der Waals surface area contributed by atoms with Gasteiger partial charge < -0.3 is 0 Å². The van der Waals surface area contributed by atoms with Gasteiger partial charge in [0.05, 0.1) is 0 Å². The molecule has 2 heterocycles. The Labute approximate surface area is 196 Å². The third-order valence-corrected chi connectivity index (χ3v) is 8.90. The summed E-state index contributed by atoms with van der Waals surface area (Å²) in [6, 6.07) is 9.62. The van der Waals surface area contributed by atoms with Gasteiger partial charge in [-0.15, -0.1) is 0 Å². The van der Waals surface area contributed by atoms with E-state index >= 15 is 0 Å². The molecule has 1 aromatic carbocycles. The molecule has 162 valence electrons. The van der Waals surface area contributed by atoms with Crippen molar-refractivity contribution in [3.8, 4) is 0 Å². The van der Waals surface area contributed by atoms with E-state index in [2.05, 4.69) is 5.10 Å². The summed E-state index contributed by atoms with van der Waals surface area (Å²) >= 11 is 11.4. The Morgan fingerprint density at radius 1 is 1.29 bits per heavy atom. The van der Waals surface area contributed by atoms with Gasteiger partial charge in [-0.2, -0.15) is 0 Å². The fraction of sp³-hybridized carbons (Fsp3) is 0.318. The molecule has 2 aromatic heterocycles. The van der Waals surface area contributed by atoms with Crippen molar-refractivity contribution in [2.45, 2.75) is 30.5 Å². The van der Waals surface area contributed by atoms with Crippen LogP contribution in [0, 0.1) is 0 Å². The monoisotopic (exact) mass is 521 g/mol. The summed E-state index contributed by atoms with van der Waals surface area (Å²) in [7, 11) is 1.69. The molecule has 2 unspecified atom stereocenters. The van der Waals surface area contributed by atoms with Crippen LogP contribution in [0.3, 0.4) is 0 Å². The minimum absolute atomic E-state index is 0.0715. The zero-order valence-electron chi connectivity index (χ0n) is 17.1. The van der Waals surface area contributed by atoms with E-state index in [0.29, 0.717) is 17.3 Å². The van der Waals surface area contributed by atoms with E-state index in [9.17, 15) is 9.59 Å². The summed E-state index contributed by atoms with van der Waals surface area (Å²) in [6.45, 7) is 2.10. The Morgan fingerprint density at radius 3 is 2.61 bits per heavy atom. The Hall–Kier alpha value is -2.01. The summed E-state index contributed by atoms with van der Waals surface area (Å²) in [4.78, 5) is 25.0. The van der Waals surface area contributed by atoms with Gasteiger partial charge in [-0.3, -0.25) is 0 Å². The van der Waals surface area contributed by atoms with E-state index in [1.54, 1.807) is 26.2 Å². The predicted octanol–water partition coefficient (Wildman–Crippen LogP) is 3.25. The number of hydrogen-bond acceptors (Lipinski definition) is 4. The van der Waals surface area contributed by atoms with Crippen LogP contribution < -0.4 is 9.91 Å². The molecule has 0 aliphatic heterocycles. The van der Waals surface area contributed by atoms with Crippen LogP contribution in [0.2, 0.25) is 10.0 Å². The maximum absolute atomic E-state index is 12.9. The number of hydrogen-bond donors (Lipinski definition) is 0. The molecule has 0 bridgehead atoms. The number of nitrogens with zero attached hydrogens (tertiary/aromatic N) is 3. The molecule has 0 saturated heterocycles. The summed E-state index contributed by atoms with van der Waals surface area (Å²) in [5, 5.41) is 5.40. The van der Waals surface area contributed by atoms with Gasteiger partial charge in [0.2, 0.25) is 0 Å². The molecular weight excluding hydrogens is 500 g/mol. The molecule has 9 heteroatoms. The van der Waals surface area contributed by atoms with Gasteiger partial charge in [0, 0.05) is 0 Å². The van der Waals surface area contributed by atoms with E-state index in [1.807, 2.05) is 35.1 Å². The number of pyridine rings is 1. The molecule has 0 spiro atoms. The zero-order chi connectivity index (χ0) is 22.1. The summed E-state index contributed by atoms with van der Waals surface area (Å²) in [5.41, 5.74) is 2.17. The number of benzene rings is 1. The van der Waals surface area contributed by atoms with Crippen molar-refractivity contribution in [3.63, 3.8) is 0 Å². The van der Waals surface area contributed by atoms with Crippen molar-refractivity contribution >= 4 is 49.3 Å². The molecular formula is C22H22AsCl2N3O3. The van der Waals surface area contributed by atoms with E-state index in [4.69, 9.17) is 27.9 Å². The zero-order valence-corrected chi connectivity index (χ0v) is 20.7. The fourth-order valence-electron chi connectivity index (χ4n) is 3.51. The second-order valence-corrected chi connectivity index (χ2v) is 11.3. The molecule has 0 radical (unpaired) electrons. The first-order valence-electron chi connectivity index (χ1n) is 10.0. The van der Waals surface area contributed by atoms with Crippen molar-refractivity contribution in [3.05, 3.63) is 79.9 Å². The Kier molecular flexibility index (Phi) is 6.61. The van der Waals surface area contributed by atoms with E-state index in [-0.39, 0.29) is 27.3 Å². The standard InChI is InChI=1S/C22H22AsCl2N3O3/c1-3-31-22(30)20-17(11-26-28(20)16-8-9-16)19(13-4-6-15(24)7-5-13)23-14-10-18(25)21(29)27(2)12-14/h4-7,10-12,16,19,23H,3,8-9H2,1-2H3. The second kappa shape index (κ2) is 9.23. The summed E-state index contributed by atoms with van der Waals surface area (Å²) < 4.78 is 9.63. The van der Waals surface area contributed by atoms with E-state index in [0.717, 1.165) is 28.3 Å². The molecule has 1 saturated carbocycles. The molecule has 6 nitrogen and oxygen atoms in total. The number of aromatic nitrogens is 3. The number of rotatable bonds is 7. The molecule has 1 fully saturated rings. The summed E-state index contributed by atoms with van der Waals surface area (Å²) in [5.74, 6) is -0.356. The number of aryl methyl sites for hydroxylation is 1. The number of carbonyl (C=O) groups excluding carboxylic acids is 1. The Morgan fingerprint density at radius 2 is 2.00 bits per heavy atom. The van der Waals surface area contributed by atoms with Crippen LogP contribution in [0.25, 0.3) is 0 Å². The average molecular weight is 522 g/mol. The minimum atomic E-state index is -0.912. The van der Waals surface area contributed by atoms with E-state index < -0.39 is 15.8 Å². The first kappa shape index (κ1) is 22.2. The third-order valence-electron chi connectivity index (χ3n) is 5.15. The second-order valence-electron chi connectivity index (χ2n) is 7.47. The van der Waals surface area contributed by atoms with Crippen LogP contribution in [0.5, 0.6) is 0 Å². The van der Waals surface area contributed by atoms with Crippen LogP contribution in [0.4, 0.5) is 0 Å². The van der Waals surface area contributed by atoms with Crippen molar-refractivity contribution in [1.29, 1.82) is 0 Å². The van der Waals surface area contributed by atoms with Crippen LogP contribution in [0.1, 0.15) is 52.1 Å². The molecule has 0 amide bonds. The summed E-state index contributed by atoms with van der Waals surface area (Å²) in [6.07, 6.45) is 5.63. The number of carbonyl (C=O) groups is 1.